The number of aromatic nitrogens is 3. The standard InChI is InChI=1S/C51H65N3O2S/c1-3-5-7-9-11-13-15-17-19-25-35-56-40-32-34-45(48(55)37-40)49-52-50(54-51(53-49)57-36-26-20-18-16-14-12-10-8-6-4-2)47-38-46-41-28-22-21-27-39(41)31-33-44(46)42-29-23-24-30-43(42)47/h21-24,27-34,37-38,55H,3-20,25-26,35-36H2,1-2H3. The number of rotatable bonds is 26. The molecule has 1 heterocycles. The first-order valence-corrected chi connectivity index (χ1v) is 23.3. The number of hydrogen-bond acceptors (Lipinski definition) is 6. The van der Waals surface area contributed by atoms with E-state index < -0.39 is 0 Å². The lowest BCUT2D eigenvalue weighted by molar-refractivity contribution is 0.302. The molecule has 0 atom stereocenters. The van der Waals surface area contributed by atoms with Crippen molar-refractivity contribution in [2.45, 2.75) is 147 Å². The van der Waals surface area contributed by atoms with Crippen molar-refractivity contribution >= 4 is 44.1 Å². The topological polar surface area (TPSA) is 68.1 Å². The molecule has 1 N–H and O–H groups in total. The molecule has 0 unspecified atom stereocenters. The third-order valence-electron chi connectivity index (χ3n) is 11.3. The Labute approximate surface area is 346 Å². The summed E-state index contributed by atoms with van der Waals surface area (Å²) in [6.45, 7) is 5.20. The Morgan fingerprint density at radius 2 is 1.02 bits per heavy atom. The van der Waals surface area contributed by atoms with Crippen molar-refractivity contribution in [1.82, 2.24) is 15.0 Å². The first-order valence-electron chi connectivity index (χ1n) is 22.3. The van der Waals surface area contributed by atoms with Crippen molar-refractivity contribution in [1.29, 1.82) is 0 Å². The van der Waals surface area contributed by atoms with Crippen LogP contribution in [-0.2, 0) is 0 Å². The van der Waals surface area contributed by atoms with Gasteiger partial charge in [-0.1, -0.05) is 202 Å². The molecule has 57 heavy (non-hydrogen) atoms. The molecule has 0 saturated carbocycles. The van der Waals surface area contributed by atoms with E-state index in [1.165, 1.54) is 143 Å². The minimum absolute atomic E-state index is 0.118. The lowest BCUT2D eigenvalue weighted by atomic mass is 9.93. The highest BCUT2D eigenvalue weighted by atomic mass is 32.2. The Kier molecular flexibility index (Phi) is 17.3. The lowest BCUT2D eigenvalue weighted by Crippen LogP contribution is -2.01. The van der Waals surface area contributed by atoms with E-state index in [-0.39, 0.29) is 5.75 Å². The van der Waals surface area contributed by atoms with Gasteiger partial charge in [0.15, 0.2) is 16.8 Å². The van der Waals surface area contributed by atoms with Gasteiger partial charge in [0.05, 0.1) is 12.2 Å². The highest BCUT2D eigenvalue weighted by Crippen LogP contribution is 2.39. The lowest BCUT2D eigenvalue weighted by Gasteiger charge is -2.14. The Hall–Kier alpha value is -4.16. The predicted molar refractivity (Wildman–Crippen MR) is 245 cm³/mol. The number of aromatic hydroxyl groups is 1. The molecule has 0 radical (unpaired) electrons. The number of unbranched alkanes of at least 4 members (excludes halogenated alkanes) is 18. The number of ether oxygens (including phenoxy) is 1. The largest absolute Gasteiger partial charge is 0.507 e. The number of hydrogen-bond donors (Lipinski definition) is 1. The summed E-state index contributed by atoms with van der Waals surface area (Å²) in [6.07, 6.45) is 26.0. The number of nitrogens with zero attached hydrogens (tertiary/aromatic N) is 3. The fourth-order valence-electron chi connectivity index (χ4n) is 8.03. The van der Waals surface area contributed by atoms with Gasteiger partial charge in [0, 0.05) is 17.4 Å². The third kappa shape index (κ3) is 12.4. The molecular formula is C51H65N3O2S. The number of phenolic OH excluding ortho intramolecular Hbond substituents is 1. The van der Waals surface area contributed by atoms with Crippen LogP contribution in [0.25, 0.3) is 55.1 Å². The first kappa shape index (κ1) is 42.4. The number of phenols is 1. The molecule has 6 aromatic rings. The van der Waals surface area contributed by atoms with Crippen LogP contribution in [0, 0.1) is 0 Å². The molecule has 0 amide bonds. The summed E-state index contributed by atoms with van der Waals surface area (Å²) in [6, 6.07) is 29.3. The number of benzene rings is 5. The van der Waals surface area contributed by atoms with Gasteiger partial charge in [0.25, 0.3) is 0 Å². The molecular weight excluding hydrogens is 719 g/mol. The zero-order valence-corrected chi connectivity index (χ0v) is 35.6. The van der Waals surface area contributed by atoms with Crippen molar-refractivity contribution in [3.63, 3.8) is 0 Å². The molecule has 302 valence electrons. The second-order valence-electron chi connectivity index (χ2n) is 15.9. The quantitative estimate of drug-likeness (QED) is 0.0336. The molecule has 0 spiro atoms. The molecule has 0 aliphatic rings. The van der Waals surface area contributed by atoms with E-state index >= 15 is 0 Å². The number of thioether (sulfide) groups is 1. The summed E-state index contributed by atoms with van der Waals surface area (Å²) in [4.78, 5) is 15.2. The molecule has 0 aliphatic carbocycles. The Balaban J connectivity index is 1.18. The first-order chi connectivity index (χ1) is 28.2. The minimum atomic E-state index is 0.118. The minimum Gasteiger partial charge on any atom is -0.507 e. The van der Waals surface area contributed by atoms with Gasteiger partial charge in [0.1, 0.15) is 11.5 Å². The van der Waals surface area contributed by atoms with E-state index in [9.17, 15) is 5.11 Å². The van der Waals surface area contributed by atoms with E-state index in [4.69, 9.17) is 19.7 Å². The molecule has 0 saturated heterocycles. The van der Waals surface area contributed by atoms with Crippen molar-refractivity contribution in [3.8, 4) is 34.3 Å². The van der Waals surface area contributed by atoms with Crippen molar-refractivity contribution in [3.05, 3.63) is 84.9 Å². The number of fused-ring (bicyclic) bond motifs is 5. The van der Waals surface area contributed by atoms with Gasteiger partial charge in [-0.05, 0) is 63.4 Å². The monoisotopic (exact) mass is 783 g/mol. The van der Waals surface area contributed by atoms with E-state index in [2.05, 4.69) is 80.6 Å². The van der Waals surface area contributed by atoms with Gasteiger partial charge in [-0.15, -0.1) is 0 Å². The zero-order chi connectivity index (χ0) is 39.5. The van der Waals surface area contributed by atoms with Crippen molar-refractivity contribution in [2.75, 3.05) is 12.4 Å². The van der Waals surface area contributed by atoms with E-state index in [1.54, 1.807) is 17.8 Å². The molecule has 5 aromatic carbocycles. The molecule has 0 bridgehead atoms. The average molecular weight is 784 g/mol. The van der Waals surface area contributed by atoms with Crippen LogP contribution in [0.3, 0.4) is 0 Å². The van der Waals surface area contributed by atoms with Crippen LogP contribution in [0.15, 0.2) is 90.1 Å². The van der Waals surface area contributed by atoms with Gasteiger partial charge in [-0.25, -0.2) is 15.0 Å². The van der Waals surface area contributed by atoms with Gasteiger partial charge in [-0.3, -0.25) is 0 Å². The zero-order valence-electron chi connectivity index (χ0n) is 34.7. The molecule has 0 fully saturated rings. The maximum Gasteiger partial charge on any atom is 0.191 e. The van der Waals surface area contributed by atoms with E-state index in [0.29, 0.717) is 34.7 Å². The van der Waals surface area contributed by atoms with Crippen LogP contribution in [0.2, 0.25) is 0 Å². The third-order valence-corrected chi connectivity index (χ3v) is 12.3. The van der Waals surface area contributed by atoms with Crippen LogP contribution in [0.1, 0.15) is 142 Å². The summed E-state index contributed by atoms with van der Waals surface area (Å²) in [5, 5.41) is 19.2. The Morgan fingerprint density at radius 3 is 1.67 bits per heavy atom. The summed E-state index contributed by atoms with van der Waals surface area (Å²) < 4.78 is 6.10. The Bertz CT molecular complexity index is 2130. The van der Waals surface area contributed by atoms with E-state index in [1.807, 2.05) is 12.1 Å². The molecule has 6 rings (SSSR count). The highest BCUT2D eigenvalue weighted by Gasteiger charge is 2.18. The molecule has 5 nitrogen and oxygen atoms in total. The van der Waals surface area contributed by atoms with Crippen LogP contribution < -0.4 is 4.74 Å². The van der Waals surface area contributed by atoms with Crippen LogP contribution in [0.5, 0.6) is 11.5 Å². The molecule has 0 aliphatic heterocycles. The maximum absolute atomic E-state index is 11.4. The summed E-state index contributed by atoms with van der Waals surface area (Å²) in [5.41, 5.74) is 1.55. The molecule has 6 heteroatoms. The summed E-state index contributed by atoms with van der Waals surface area (Å²) in [7, 11) is 0. The normalized spacial score (nSPS) is 11.6. The summed E-state index contributed by atoms with van der Waals surface area (Å²) in [5.74, 6) is 2.83. The SMILES string of the molecule is CCCCCCCCCCCCOc1ccc(-c2nc(SCCCCCCCCCCCC)nc(-c3cc4c5ccccc5ccc4c4ccccc34)n2)c(O)c1. The van der Waals surface area contributed by atoms with Crippen LogP contribution in [0.4, 0.5) is 0 Å². The van der Waals surface area contributed by atoms with Gasteiger partial charge in [0.2, 0.25) is 0 Å². The van der Waals surface area contributed by atoms with E-state index in [0.717, 1.165) is 29.5 Å². The second kappa shape index (κ2) is 23.3. The van der Waals surface area contributed by atoms with Crippen molar-refractivity contribution < 1.29 is 9.84 Å². The van der Waals surface area contributed by atoms with Gasteiger partial charge < -0.3 is 9.84 Å². The second-order valence-corrected chi connectivity index (χ2v) is 16.9. The summed E-state index contributed by atoms with van der Waals surface area (Å²) >= 11 is 1.69. The fourth-order valence-corrected chi connectivity index (χ4v) is 8.86. The average Bonchev–Trinajstić information content (AvgIpc) is 3.24. The Morgan fingerprint density at radius 1 is 0.474 bits per heavy atom. The maximum atomic E-state index is 11.4. The van der Waals surface area contributed by atoms with Crippen LogP contribution in [-0.4, -0.2) is 32.4 Å². The van der Waals surface area contributed by atoms with Gasteiger partial charge >= 0.3 is 0 Å². The van der Waals surface area contributed by atoms with Crippen molar-refractivity contribution in [2.24, 2.45) is 0 Å². The fraction of sp³-hybridized carbons (Fsp3) is 0.471. The van der Waals surface area contributed by atoms with Crippen LogP contribution >= 0.6 is 11.8 Å². The smallest absolute Gasteiger partial charge is 0.191 e. The predicted octanol–water partition coefficient (Wildman–Crippen LogP) is 15.7. The molecule has 1 aromatic heterocycles. The highest BCUT2D eigenvalue weighted by molar-refractivity contribution is 7.99. The van der Waals surface area contributed by atoms with Gasteiger partial charge in [-0.2, -0.15) is 0 Å².